The molecular weight excluding hydrogens is 187 g/mol. The normalized spacial score (nSPS) is 12.5. The van der Waals surface area contributed by atoms with Crippen LogP contribution in [0.25, 0.3) is 0 Å². The van der Waals surface area contributed by atoms with Crippen molar-refractivity contribution in [1.82, 2.24) is 0 Å². The molecular formula is C9H11FN2O2. The molecule has 1 rings (SSSR count). The predicted molar refractivity (Wildman–Crippen MR) is 50.5 cm³/mol. The van der Waals surface area contributed by atoms with Gasteiger partial charge in [-0.15, -0.1) is 0 Å². The van der Waals surface area contributed by atoms with Crippen molar-refractivity contribution in [2.75, 3.05) is 6.54 Å². The molecule has 76 valence electrons. The lowest BCUT2D eigenvalue weighted by Gasteiger charge is -2.08. The fourth-order valence-corrected chi connectivity index (χ4v) is 1.22. The smallest absolute Gasteiger partial charge is 0.275 e. The van der Waals surface area contributed by atoms with E-state index >= 15 is 0 Å². The van der Waals surface area contributed by atoms with Crippen LogP contribution in [-0.4, -0.2) is 11.5 Å². The first-order valence-corrected chi connectivity index (χ1v) is 4.20. The largest absolute Gasteiger partial charge is 0.330 e. The fraction of sp³-hybridized carbons (Fsp3) is 0.333. The Bertz CT molecular complexity index is 355. The van der Waals surface area contributed by atoms with Crippen molar-refractivity contribution in [2.45, 2.75) is 12.8 Å². The molecule has 14 heavy (non-hydrogen) atoms. The lowest BCUT2D eigenvalue weighted by atomic mass is 9.99. The number of nitro benzene ring substituents is 1. The molecule has 0 spiro atoms. The van der Waals surface area contributed by atoms with Crippen molar-refractivity contribution in [3.05, 3.63) is 39.7 Å². The topological polar surface area (TPSA) is 69.2 Å². The maximum Gasteiger partial charge on any atom is 0.275 e. The van der Waals surface area contributed by atoms with Crippen LogP contribution in [0.15, 0.2) is 18.2 Å². The van der Waals surface area contributed by atoms with Crippen LogP contribution in [0.1, 0.15) is 18.4 Å². The summed E-state index contributed by atoms with van der Waals surface area (Å²) in [7, 11) is 0. The minimum absolute atomic E-state index is 0.143. The molecule has 0 bridgehead atoms. The molecule has 0 aliphatic heterocycles. The van der Waals surface area contributed by atoms with Gasteiger partial charge in [0.1, 0.15) is 5.82 Å². The summed E-state index contributed by atoms with van der Waals surface area (Å²) in [6.45, 7) is 2.06. The van der Waals surface area contributed by atoms with Crippen LogP contribution in [0.5, 0.6) is 0 Å². The number of rotatable bonds is 3. The lowest BCUT2D eigenvalue weighted by molar-refractivity contribution is -0.385. The van der Waals surface area contributed by atoms with Gasteiger partial charge < -0.3 is 5.73 Å². The van der Waals surface area contributed by atoms with Gasteiger partial charge in [0, 0.05) is 11.5 Å². The molecule has 5 heteroatoms. The minimum Gasteiger partial charge on any atom is -0.330 e. The minimum atomic E-state index is -0.607. The van der Waals surface area contributed by atoms with E-state index < -0.39 is 10.7 Å². The Balaban J connectivity index is 3.21. The number of benzene rings is 1. The highest BCUT2D eigenvalue weighted by molar-refractivity contribution is 5.42. The molecule has 0 aliphatic rings. The van der Waals surface area contributed by atoms with Crippen LogP contribution in [0.4, 0.5) is 10.1 Å². The SMILES string of the molecule is CC(CN)c1ccc(F)cc1[N+](=O)[O-]. The van der Waals surface area contributed by atoms with Crippen LogP contribution < -0.4 is 5.73 Å². The first kappa shape index (κ1) is 10.6. The second kappa shape index (κ2) is 4.15. The van der Waals surface area contributed by atoms with E-state index in [1.165, 1.54) is 12.1 Å². The van der Waals surface area contributed by atoms with Gasteiger partial charge >= 0.3 is 0 Å². The number of halogens is 1. The van der Waals surface area contributed by atoms with Gasteiger partial charge in [-0.05, 0) is 18.7 Å². The summed E-state index contributed by atoms with van der Waals surface area (Å²) >= 11 is 0. The Hall–Kier alpha value is -1.49. The Morgan fingerprint density at radius 1 is 1.64 bits per heavy atom. The quantitative estimate of drug-likeness (QED) is 0.594. The van der Waals surface area contributed by atoms with Gasteiger partial charge in [0.05, 0.1) is 11.0 Å². The lowest BCUT2D eigenvalue weighted by Crippen LogP contribution is -2.10. The molecule has 1 aromatic rings. The molecule has 0 aliphatic carbocycles. The molecule has 0 fully saturated rings. The van der Waals surface area contributed by atoms with Crippen molar-refractivity contribution in [3.63, 3.8) is 0 Å². The molecule has 1 aromatic carbocycles. The van der Waals surface area contributed by atoms with Crippen LogP contribution in [-0.2, 0) is 0 Å². The second-order valence-electron chi connectivity index (χ2n) is 3.10. The summed E-state index contributed by atoms with van der Waals surface area (Å²) in [5.41, 5.74) is 5.66. The first-order chi connectivity index (χ1) is 6.56. The van der Waals surface area contributed by atoms with E-state index in [1.54, 1.807) is 6.92 Å². The van der Waals surface area contributed by atoms with Gasteiger partial charge in [-0.2, -0.15) is 0 Å². The third-order valence-electron chi connectivity index (χ3n) is 2.07. The number of nitrogens with zero attached hydrogens (tertiary/aromatic N) is 1. The van der Waals surface area contributed by atoms with Crippen molar-refractivity contribution in [3.8, 4) is 0 Å². The number of hydrogen-bond donors (Lipinski definition) is 1. The highest BCUT2D eigenvalue weighted by atomic mass is 19.1. The van der Waals surface area contributed by atoms with E-state index in [1.807, 2.05) is 0 Å². The molecule has 0 saturated heterocycles. The van der Waals surface area contributed by atoms with Crippen molar-refractivity contribution >= 4 is 5.69 Å². The zero-order chi connectivity index (χ0) is 10.7. The van der Waals surface area contributed by atoms with Crippen LogP contribution >= 0.6 is 0 Å². The van der Waals surface area contributed by atoms with Gasteiger partial charge in [0.15, 0.2) is 0 Å². The van der Waals surface area contributed by atoms with E-state index in [0.29, 0.717) is 12.1 Å². The summed E-state index contributed by atoms with van der Waals surface area (Å²) in [5, 5.41) is 10.6. The maximum absolute atomic E-state index is 12.7. The molecule has 0 saturated carbocycles. The molecule has 4 nitrogen and oxygen atoms in total. The Morgan fingerprint density at radius 3 is 2.79 bits per heavy atom. The molecule has 1 atom stereocenters. The van der Waals surface area contributed by atoms with Gasteiger partial charge in [0.2, 0.25) is 0 Å². The van der Waals surface area contributed by atoms with Crippen molar-refractivity contribution < 1.29 is 9.31 Å². The molecule has 0 aromatic heterocycles. The van der Waals surface area contributed by atoms with E-state index in [4.69, 9.17) is 5.73 Å². The molecule has 0 heterocycles. The monoisotopic (exact) mass is 198 g/mol. The van der Waals surface area contributed by atoms with E-state index in [-0.39, 0.29) is 11.6 Å². The zero-order valence-electron chi connectivity index (χ0n) is 7.74. The number of nitro groups is 1. The summed E-state index contributed by atoms with van der Waals surface area (Å²) in [5.74, 6) is -0.749. The standard InChI is InChI=1S/C9H11FN2O2/c1-6(5-11)8-3-2-7(10)4-9(8)12(13)14/h2-4,6H,5,11H2,1H3. The van der Waals surface area contributed by atoms with Gasteiger partial charge in [-0.1, -0.05) is 6.92 Å². The average Bonchev–Trinajstić information content (AvgIpc) is 2.16. The predicted octanol–water partition coefficient (Wildman–Crippen LogP) is 1.80. The Labute approximate surface area is 80.7 Å². The van der Waals surface area contributed by atoms with E-state index in [0.717, 1.165) is 6.07 Å². The average molecular weight is 198 g/mol. The van der Waals surface area contributed by atoms with E-state index in [9.17, 15) is 14.5 Å². The fourth-order valence-electron chi connectivity index (χ4n) is 1.22. The molecule has 0 radical (unpaired) electrons. The number of hydrogen-bond acceptors (Lipinski definition) is 3. The van der Waals surface area contributed by atoms with Crippen molar-refractivity contribution in [1.29, 1.82) is 0 Å². The third kappa shape index (κ3) is 2.05. The molecule has 1 unspecified atom stereocenters. The third-order valence-corrected chi connectivity index (χ3v) is 2.07. The van der Waals surface area contributed by atoms with Gasteiger partial charge in [0.25, 0.3) is 5.69 Å². The summed E-state index contributed by atoms with van der Waals surface area (Å²) < 4.78 is 12.7. The molecule has 2 N–H and O–H groups in total. The highest BCUT2D eigenvalue weighted by Crippen LogP contribution is 2.26. The summed E-state index contributed by atoms with van der Waals surface area (Å²) in [4.78, 5) is 10.00. The van der Waals surface area contributed by atoms with Crippen LogP contribution in [0, 0.1) is 15.9 Å². The maximum atomic E-state index is 12.7. The summed E-state index contributed by atoms with van der Waals surface area (Å²) in [6, 6.07) is 3.53. The van der Waals surface area contributed by atoms with Gasteiger partial charge in [-0.3, -0.25) is 10.1 Å². The highest BCUT2D eigenvalue weighted by Gasteiger charge is 2.18. The zero-order valence-corrected chi connectivity index (χ0v) is 7.74. The van der Waals surface area contributed by atoms with Crippen LogP contribution in [0.3, 0.4) is 0 Å². The van der Waals surface area contributed by atoms with E-state index in [2.05, 4.69) is 0 Å². The second-order valence-corrected chi connectivity index (χ2v) is 3.10. The molecule has 0 amide bonds. The first-order valence-electron chi connectivity index (χ1n) is 4.20. The van der Waals surface area contributed by atoms with Gasteiger partial charge in [-0.25, -0.2) is 4.39 Å². The Morgan fingerprint density at radius 2 is 2.29 bits per heavy atom. The number of nitrogens with two attached hydrogens (primary N) is 1. The van der Waals surface area contributed by atoms with Crippen LogP contribution in [0.2, 0.25) is 0 Å². The Kier molecular flexibility index (Phi) is 3.14. The van der Waals surface area contributed by atoms with Crippen molar-refractivity contribution in [2.24, 2.45) is 5.73 Å². The summed E-state index contributed by atoms with van der Waals surface area (Å²) in [6.07, 6.45) is 0.